The van der Waals surface area contributed by atoms with E-state index in [1.54, 1.807) is 7.76 Å². The molecule has 0 aromatic rings. The van der Waals surface area contributed by atoms with Crippen molar-refractivity contribution in [2.45, 2.75) is 12.8 Å². The number of hydrogen-bond donors (Lipinski definition) is 0. The van der Waals surface area contributed by atoms with Gasteiger partial charge in [-0.2, -0.15) is 0 Å². The average molecular weight is 293 g/mol. The summed E-state index contributed by atoms with van der Waals surface area (Å²) in [7, 11) is 4.45. The van der Waals surface area contributed by atoms with Crippen LogP contribution in [0.1, 0.15) is 12.8 Å². The molecule has 13 heavy (non-hydrogen) atoms. The molecule has 3 heteroatoms. The van der Waals surface area contributed by atoms with E-state index in [1.807, 2.05) is 0 Å². The minimum Gasteiger partial charge on any atom is -0.0341 e. The van der Waals surface area contributed by atoms with Crippen LogP contribution in [0.15, 0.2) is 44.2 Å². The second kappa shape index (κ2) is 6.83. The van der Waals surface area contributed by atoms with Gasteiger partial charge in [0.05, 0.1) is 0 Å². The second-order valence-electron chi connectivity index (χ2n) is 2.77. The van der Waals surface area contributed by atoms with Gasteiger partial charge in [0.25, 0.3) is 0 Å². The summed E-state index contributed by atoms with van der Waals surface area (Å²) in [6.07, 6.45) is 15.9. The predicted octanol–water partition coefficient (Wildman–Crippen LogP) is 4.29. The van der Waals surface area contributed by atoms with E-state index < -0.39 is 0 Å². The van der Waals surface area contributed by atoms with Gasteiger partial charge in [-0.25, -0.2) is 0 Å². The Morgan fingerprint density at radius 1 is 1.00 bits per heavy atom. The summed E-state index contributed by atoms with van der Waals surface area (Å²) < 4.78 is 3.36. The summed E-state index contributed by atoms with van der Waals surface area (Å²) in [4.78, 5) is 0. The van der Waals surface area contributed by atoms with Crippen molar-refractivity contribution in [3.05, 3.63) is 44.2 Å². The first-order valence-corrected chi connectivity index (χ1v) is 7.72. The third kappa shape index (κ3) is 3.99. The molecule has 2 aliphatic carbocycles. The number of halogens is 2. The van der Waals surface area contributed by atoms with Crippen LogP contribution in [0.2, 0.25) is 0 Å². The van der Waals surface area contributed by atoms with Gasteiger partial charge in [0.1, 0.15) is 0 Å². The van der Waals surface area contributed by atoms with Crippen LogP contribution in [0.4, 0.5) is 0 Å². The van der Waals surface area contributed by atoms with Crippen LogP contribution in [0, 0.1) is 0 Å². The predicted molar refractivity (Wildman–Crippen MR) is 58.5 cm³/mol. The fourth-order valence-corrected chi connectivity index (χ4v) is 3.18. The SMILES string of the molecule is C1=CC[C]([Ti][C]2=CC=CC2)=C1.ClBr. The summed E-state index contributed by atoms with van der Waals surface area (Å²) in [5, 5.41) is 0. The Bertz CT molecular complexity index is 249. The number of rotatable bonds is 2. The maximum absolute atomic E-state index is 4.45. The van der Waals surface area contributed by atoms with Crippen molar-refractivity contribution in [2.75, 3.05) is 0 Å². The Balaban J connectivity index is 0.000000396. The van der Waals surface area contributed by atoms with E-state index in [0.717, 1.165) is 0 Å². The van der Waals surface area contributed by atoms with Crippen LogP contribution in [0.5, 0.6) is 0 Å². The molecule has 0 nitrogen and oxygen atoms in total. The van der Waals surface area contributed by atoms with E-state index in [1.165, 1.54) is 12.8 Å². The maximum atomic E-state index is 4.45. The van der Waals surface area contributed by atoms with E-state index in [0.29, 0.717) is 0 Å². The van der Waals surface area contributed by atoms with Gasteiger partial charge in [-0.05, 0) is 10.1 Å². The number of hydrogen-bond acceptors (Lipinski definition) is 0. The molecular weight excluding hydrogens is 283 g/mol. The van der Waals surface area contributed by atoms with Crippen molar-refractivity contribution in [3.63, 3.8) is 0 Å². The molecule has 0 aromatic heterocycles. The average Bonchev–Trinajstić information content (AvgIpc) is 2.81. The molecule has 0 aromatic carbocycles. The Hall–Kier alpha value is 0.444. The zero-order valence-corrected chi connectivity index (χ0v) is 11.0. The minimum atomic E-state index is 0.0833. The smallest absolute Gasteiger partial charge is 0.0341 e. The summed E-state index contributed by atoms with van der Waals surface area (Å²) in [6.45, 7) is 0. The Kier molecular flexibility index (Phi) is 6.05. The molecule has 0 unspecified atom stereocenters. The second-order valence-corrected chi connectivity index (χ2v) is 5.17. The molecule has 0 amide bonds. The molecule has 2 rings (SSSR count). The fourth-order valence-electron chi connectivity index (χ4n) is 1.29. The fraction of sp³-hybridized carbons (Fsp3) is 0.200. The van der Waals surface area contributed by atoms with Crippen LogP contribution >= 0.6 is 25.1 Å². The summed E-state index contributed by atoms with van der Waals surface area (Å²) in [5.41, 5.74) is 0. The summed E-state index contributed by atoms with van der Waals surface area (Å²) in [5.74, 6) is 0. The molecule has 0 radical (unpaired) electrons. The molecule has 0 spiro atoms. The largest absolute Gasteiger partial charge is 0.0341 e. The van der Waals surface area contributed by atoms with Gasteiger partial charge < -0.3 is 0 Å². The van der Waals surface area contributed by atoms with Gasteiger partial charge in [-0.15, -0.1) is 0 Å². The van der Waals surface area contributed by atoms with Crippen molar-refractivity contribution < 1.29 is 19.2 Å². The van der Waals surface area contributed by atoms with Crippen LogP contribution in [0.3, 0.4) is 0 Å². The third-order valence-electron chi connectivity index (χ3n) is 1.86. The maximum Gasteiger partial charge on any atom is 0.0341 e. The van der Waals surface area contributed by atoms with Crippen molar-refractivity contribution in [1.82, 2.24) is 0 Å². The Labute approximate surface area is 101 Å². The van der Waals surface area contributed by atoms with Gasteiger partial charge in [0, 0.05) is 15.0 Å². The quantitative estimate of drug-likeness (QED) is 0.666. The van der Waals surface area contributed by atoms with Gasteiger partial charge in [-0.1, -0.05) is 0 Å². The van der Waals surface area contributed by atoms with Gasteiger partial charge in [0.15, 0.2) is 0 Å². The molecule has 0 aliphatic heterocycles. The van der Waals surface area contributed by atoms with Crippen molar-refractivity contribution in [3.8, 4) is 0 Å². The molecule has 2 aliphatic rings. The molecule has 0 bridgehead atoms. The van der Waals surface area contributed by atoms with Crippen LogP contribution in [-0.2, 0) is 19.2 Å². The molecule has 0 N–H and O–H groups in total. The zero-order valence-electron chi connectivity index (χ0n) is 7.13. The first kappa shape index (κ1) is 11.5. The van der Waals surface area contributed by atoms with Gasteiger partial charge in [-0.3, -0.25) is 0 Å². The molecule has 68 valence electrons. The first-order valence-electron chi connectivity index (χ1n) is 4.08. The summed E-state index contributed by atoms with van der Waals surface area (Å²) >= 11 is 2.49. The number of allylic oxidation sites excluding steroid dienone is 8. The molecule has 0 saturated carbocycles. The van der Waals surface area contributed by atoms with Gasteiger partial charge >= 0.3 is 76.2 Å². The normalized spacial score (nSPS) is 17.7. The van der Waals surface area contributed by atoms with Crippen LogP contribution < -0.4 is 0 Å². The Morgan fingerprint density at radius 3 is 1.77 bits per heavy atom. The standard InChI is InChI=1S/2C5H5.BrCl.Ti/c2*1-2-4-5-3-1;1-2;/h2*1-3H,4H2;;. The van der Waals surface area contributed by atoms with E-state index in [-0.39, 0.29) is 19.2 Å². The minimum absolute atomic E-state index is 0.0833. The third-order valence-corrected chi connectivity index (χ3v) is 4.02. The molecule has 0 saturated heterocycles. The van der Waals surface area contributed by atoms with E-state index in [4.69, 9.17) is 0 Å². The monoisotopic (exact) mass is 292 g/mol. The molecule has 0 heterocycles. The Morgan fingerprint density at radius 2 is 1.46 bits per heavy atom. The molecule has 0 fully saturated rings. The van der Waals surface area contributed by atoms with Gasteiger partial charge in [0.2, 0.25) is 0 Å². The molecular formula is C10H10BrClTi. The van der Waals surface area contributed by atoms with Crippen LogP contribution in [-0.4, -0.2) is 0 Å². The van der Waals surface area contributed by atoms with Crippen molar-refractivity contribution >= 4 is 25.1 Å². The zero-order chi connectivity index (χ0) is 9.52. The van der Waals surface area contributed by atoms with Crippen molar-refractivity contribution in [2.24, 2.45) is 0 Å². The van der Waals surface area contributed by atoms with E-state index in [9.17, 15) is 0 Å². The van der Waals surface area contributed by atoms with E-state index in [2.05, 4.69) is 61.6 Å². The summed E-state index contributed by atoms with van der Waals surface area (Å²) in [6, 6.07) is 0. The van der Waals surface area contributed by atoms with Crippen LogP contribution in [0.25, 0.3) is 0 Å². The molecule has 0 atom stereocenters. The van der Waals surface area contributed by atoms with E-state index >= 15 is 0 Å². The first-order chi connectivity index (χ1) is 6.45. The van der Waals surface area contributed by atoms with Crippen molar-refractivity contribution in [1.29, 1.82) is 0 Å². The topological polar surface area (TPSA) is 0 Å².